The van der Waals surface area contributed by atoms with E-state index >= 15 is 0 Å². The Bertz CT molecular complexity index is 1030. The van der Waals surface area contributed by atoms with Crippen molar-refractivity contribution in [3.05, 3.63) is 39.5 Å². The van der Waals surface area contributed by atoms with Gasteiger partial charge in [0.05, 0.1) is 24.7 Å². The normalized spacial score (nSPS) is 14.9. The standard InChI is InChI=1S/C18H19ClN2O7S2/c1-26-13-3-2-12(10-15(13)30(24,25)21-6-8-27-9-7-21)20-17(22)11-28-18(23)14-4-5-16(19)29-14/h2-5,10H,6-9,11H2,1H3,(H,20,22). The van der Waals surface area contributed by atoms with Gasteiger partial charge in [0, 0.05) is 18.8 Å². The number of amides is 1. The quantitative estimate of drug-likeness (QED) is 0.612. The molecule has 1 amide bonds. The number of carbonyl (C=O) groups is 2. The van der Waals surface area contributed by atoms with Gasteiger partial charge >= 0.3 is 5.97 Å². The molecule has 12 heteroatoms. The molecule has 0 saturated carbocycles. The highest BCUT2D eigenvalue weighted by molar-refractivity contribution is 7.89. The monoisotopic (exact) mass is 474 g/mol. The van der Waals surface area contributed by atoms with E-state index in [-0.39, 0.29) is 34.3 Å². The third kappa shape index (κ3) is 5.29. The number of benzene rings is 1. The van der Waals surface area contributed by atoms with E-state index in [0.717, 1.165) is 11.3 Å². The fourth-order valence-electron chi connectivity index (χ4n) is 2.71. The Kier molecular flexibility index (Phi) is 7.32. The van der Waals surface area contributed by atoms with Crippen LogP contribution in [0.25, 0.3) is 0 Å². The van der Waals surface area contributed by atoms with Gasteiger partial charge in [-0.15, -0.1) is 11.3 Å². The van der Waals surface area contributed by atoms with E-state index in [0.29, 0.717) is 17.6 Å². The molecule has 30 heavy (non-hydrogen) atoms. The number of methoxy groups -OCH3 is 1. The van der Waals surface area contributed by atoms with Crippen molar-refractivity contribution < 1.29 is 32.2 Å². The minimum Gasteiger partial charge on any atom is -0.495 e. The van der Waals surface area contributed by atoms with E-state index < -0.39 is 28.5 Å². The number of thiophene rings is 1. The van der Waals surface area contributed by atoms with Crippen molar-refractivity contribution >= 4 is 50.5 Å². The highest BCUT2D eigenvalue weighted by Gasteiger charge is 2.29. The summed E-state index contributed by atoms with van der Waals surface area (Å²) < 4.78 is 43.0. The van der Waals surface area contributed by atoms with Gasteiger partial charge in [-0.3, -0.25) is 4.79 Å². The van der Waals surface area contributed by atoms with Crippen molar-refractivity contribution in [1.82, 2.24) is 4.31 Å². The molecule has 0 atom stereocenters. The van der Waals surface area contributed by atoms with Gasteiger partial charge in [-0.2, -0.15) is 4.31 Å². The average Bonchev–Trinajstić information content (AvgIpc) is 3.19. The summed E-state index contributed by atoms with van der Waals surface area (Å²) in [5.41, 5.74) is 0.225. The van der Waals surface area contributed by atoms with Crippen LogP contribution in [0.5, 0.6) is 5.75 Å². The van der Waals surface area contributed by atoms with Crippen LogP contribution < -0.4 is 10.1 Å². The van der Waals surface area contributed by atoms with E-state index in [1.807, 2.05) is 0 Å². The van der Waals surface area contributed by atoms with Gasteiger partial charge in [-0.05, 0) is 30.3 Å². The van der Waals surface area contributed by atoms with Crippen LogP contribution in [0.15, 0.2) is 35.2 Å². The van der Waals surface area contributed by atoms with Crippen LogP contribution in [0.2, 0.25) is 4.34 Å². The van der Waals surface area contributed by atoms with Crippen molar-refractivity contribution in [3.63, 3.8) is 0 Å². The van der Waals surface area contributed by atoms with Crippen molar-refractivity contribution in [2.75, 3.05) is 45.3 Å². The first-order chi connectivity index (χ1) is 14.3. The third-order valence-corrected chi connectivity index (χ3v) is 7.28. The fraction of sp³-hybridized carbons (Fsp3) is 0.333. The second-order valence-corrected chi connectivity index (χ2v) is 9.73. The summed E-state index contributed by atoms with van der Waals surface area (Å²) in [6, 6.07) is 7.30. The number of sulfonamides is 1. The minimum absolute atomic E-state index is 0.0741. The largest absolute Gasteiger partial charge is 0.495 e. The minimum atomic E-state index is -3.84. The lowest BCUT2D eigenvalue weighted by Crippen LogP contribution is -2.40. The first-order valence-electron chi connectivity index (χ1n) is 8.79. The van der Waals surface area contributed by atoms with E-state index in [1.54, 1.807) is 6.07 Å². The maximum absolute atomic E-state index is 13.0. The average molecular weight is 475 g/mol. The lowest BCUT2D eigenvalue weighted by molar-refractivity contribution is -0.119. The number of hydrogen-bond acceptors (Lipinski definition) is 8. The number of halogens is 1. The van der Waals surface area contributed by atoms with Crippen molar-refractivity contribution in [1.29, 1.82) is 0 Å². The zero-order valence-electron chi connectivity index (χ0n) is 15.9. The number of anilines is 1. The van der Waals surface area contributed by atoms with Crippen LogP contribution >= 0.6 is 22.9 Å². The number of hydrogen-bond donors (Lipinski definition) is 1. The van der Waals surface area contributed by atoms with Crippen LogP contribution in [0.3, 0.4) is 0 Å². The summed E-state index contributed by atoms with van der Waals surface area (Å²) in [4.78, 5) is 24.2. The van der Waals surface area contributed by atoms with Gasteiger partial charge in [0.25, 0.3) is 5.91 Å². The molecular formula is C18H19ClN2O7S2. The Labute approximate surface area is 182 Å². The summed E-state index contributed by atoms with van der Waals surface area (Å²) in [6.45, 7) is 0.527. The lowest BCUT2D eigenvalue weighted by atomic mass is 10.3. The number of nitrogens with one attached hydrogen (secondary N) is 1. The number of ether oxygens (including phenoxy) is 3. The topological polar surface area (TPSA) is 111 Å². The maximum atomic E-state index is 13.0. The number of rotatable bonds is 7. The molecule has 1 aliphatic rings. The molecule has 2 aromatic rings. The number of esters is 1. The molecule has 0 radical (unpaired) electrons. The van der Waals surface area contributed by atoms with E-state index in [4.69, 9.17) is 25.8 Å². The predicted molar refractivity (Wildman–Crippen MR) is 111 cm³/mol. The highest BCUT2D eigenvalue weighted by Crippen LogP contribution is 2.30. The van der Waals surface area contributed by atoms with Crippen LogP contribution in [-0.2, 0) is 24.3 Å². The molecule has 1 aliphatic heterocycles. The number of morpholine rings is 1. The molecule has 9 nitrogen and oxygen atoms in total. The Morgan fingerprint density at radius 2 is 1.97 bits per heavy atom. The Morgan fingerprint density at radius 3 is 2.60 bits per heavy atom. The van der Waals surface area contributed by atoms with Gasteiger partial charge in [0.15, 0.2) is 6.61 Å². The van der Waals surface area contributed by atoms with Crippen LogP contribution in [0.4, 0.5) is 5.69 Å². The van der Waals surface area contributed by atoms with E-state index in [9.17, 15) is 18.0 Å². The molecule has 0 unspecified atom stereocenters. The molecule has 1 aromatic carbocycles. The smallest absolute Gasteiger partial charge is 0.348 e. The zero-order chi connectivity index (χ0) is 21.7. The molecule has 162 valence electrons. The Hall–Kier alpha value is -2.18. The van der Waals surface area contributed by atoms with Gasteiger partial charge in [-0.1, -0.05) is 11.6 Å². The molecule has 1 saturated heterocycles. The highest BCUT2D eigenvalue weighted by atomic mass is 35.5. The van der Waals surface area contributed by atoms with Crippen molar-refractivity contribution in [2.24, 2.45) is 0 Å². The Balaban J connectivity index is 1.69. The molecule has 0 spiro atoms. The summed E-state index contributed by atoms with van der Waals surface area (Å²) >= 11 is 6.81. The first-order valence-corrected chi connectivity index (χ1v) is 11.4. The van der Waals surface area contributed by atoms with Gasteiger partial charge in [0.2, 0.25) is 10.0 Å². The predicted octanol–water partition coefficient (Wildman–Crippen LogP) is 2.23. The number of nitrogens with zero attached hydrogens (tertiary/aromatic N) is 1. The molecule has 1 fully saturated rings. The second-order valence-electron chi connectivity index (χ2n) is 6.11. The van der Waals surface area contributed by atoms with Crippen LogP contribution in [-0.4, -0.2) is 64.6 Å². The molecular weight excluding hydrogens is 456 g/mol. The number of carbonyl (C=O) groups excluding carboxylic acids is 2. The van der Waals surface area contributed by atoms with Crippen molar-refractivity contribution in [3.8, 4) is 5.75 Å². The molecule has 0 bridgehead atoms. The fourth-order valence-corrected chi connectivity index (χ4v) is 5.23. The molecule has 1 N–H and O–H groups in total. The SMILES string of the molecule is COc1ccc(NC(=O)COC(=O)c2ccc(Cl)s2)cc1S(=O)(=O)N1CCOCC1. The Morgan fingerprint density at radius 1 is 1.23 bits per heavy atom. The van der Waals surface area contributed by atoms with Gasteiger partial charge < -0.3 is 19.5 Å². The lowest BCUT2D eigenvalue weighted by Gasteiger charge is -2.26. The molecule has 0 aliphatic carbocycles. The van der Waals surface area contributed by atoms with Crippen molar-refractivity contribution in [2.45, 2.75) is 4.90 Å². The van der Waals surface area contributed by atoms with E-state index in [1.165, 1.54) is 35.7 Å². The van der Waals surface area contributed by atoms with Gasteiger partial charge in [0.1, 0.15) is 15.5 Å². The molecule has 1 aromatic heterocycles. The van der Waals surface area contributed by atoms with Crippen LogP contribution in [0, 0.1) is 0 Å². The van der Waals surface area contributed by atoms with Gasteiger partial charge in [-0.25, -0.2) is 13.2 Å². The maximum Gasteiger partial charge on any atom is 0.348 e. The summed E-state index contributed by atoms with van der Waals surface area (Å²) in [5.74, 6) is -1.14. The molecule has 3 rings (SSSR count). The second kappa shape index (κ2) is 9.75. The summed E-state index contributed by atoms with van der Waals surface area (Å²) in [6.07, 6.45) is 0. The summed E-state index contributed by atoms with van der Waals surface area (Å²) in [5, 5.41) is 2.52. The third-order valence-electron chi connectivity index (χ3n) is 4.14. The van der Waals surface area contributed by atoms with E-state index in [2.05, 4.69) is 5.32 Å². The zero-order valence-corrected chi connectivity index (χ0v) is 18.3. The van der Waals surface area contributed by atoms with Crippen LogP contribution in [0.1, 0.15) is 9.67 Å². The molecule has 2 heterocycles. The summed E-state index contributed by atoms with van der Waals surface area (Å²) in [7, 11) is -2.48. The first kappa shape index (κ1) is 22.5.